The first kappa shape index (κ1) is 12.6. The van der Waals surface area contributed by atoms with Crippen LogP contribution in [0.2, 0.25) is 0 Å². The highest BCUT2D eigenvalue weighted by Crippen LogP contribution is 2.24. The molecule has 1 aromatic carbocycles. The predicted molar refractivity (Wildman–Crippen MR) is 78.1 cm³/mol. The summed E-state index contributed by atoms with van der Waals surface area (Å²) in [6.07, 6.45) is 1.75. The van der Waals surface area contributed by atoms with Crippen LogP contribution in [0.15, 0.2) is 41.9 Å². The molecule has 5 nitrogen and oxygen atoms in total. The number of thiazole rings is 1. The summed E-state index contributed by atoms with van der Waals surface area (Å²) in [5, 5.41) is 16.1. The summed E-state index contributed by atoms with van der Waals surface area (Å²) in [7, 11) is 0. The van der Waals surface area contributed by atoms with E-state index in [1.807, 2.05) is 23.6 Å². The van der Waals surface area contributed by atoms with E-state index in [-0.39, 0.29) is 5.69 Å². The Morgan fingerprint density at radius 2 is 2.20 bits per heavy atom. The van der Waals surface area contributed by atoms with E-state index < -0.39 is 5.97 Å². The molecule has 0 amide bonds. The van der Waals surface area contributed by atoms with Crippen LogP contribution in [0.25, 0.3) is 10.9 Å². The fourth-order valence-electron chi connectivity index (χ4n) is 1.94. The van der Waals surface area contributed by atoms with E-state index >= 15 is 0 Å². The minimum atomic E-state index is -1.03. The number of carboxylic acids is 1. The third-order valence-electron chi connectivity index (χ3n) is 2.85. The zero-order valence-corrected chi connectivity index (χ0v) is 11.2. The number of aromatic carboxylic acids is 1. The number of nitrogens with zero attached hydrogens (tertiary/aromatic N) is 2. The number of benzene rings is 1. The van der Waals surface area contributed by atoms with Gasteiger partial charge in [-0.15, -0.1) is 11.3 Å². The molecule has 0 aliphatic heterocycles. The minimum Gasteiger partial charge on any atom is -0.477 e. The van der Waals surface area contributed by atoms with Gasteiger partial charge in [0.1, 0.15) is 5.01 Å². The van der Waals surface area contributed by atoms with E-state index in [1.165, 1.54) is 0 Å². The smallest absolute Gasteiger partial charge is 0.354 e. The standard InChI is InChI=1S/C14H11N3O2S/c18-14(19)12-7-11(16-8-13-15-5-6-20-13)9-3-1-2-4-10(9)17-12/h1-7H,8H2,(H,16,17)(H,18,19). The van der Waals surface area contributed by atoms with Crippen molar-refractivity contribution in [2.24, 2.45) is 0 Å². The van der Waals surface area contributed by atoms with Gasteiger partial charge in [-0.25, -0.2) is 14.8 Å². The van der Waals surface area contributed by atoms with E-state index in [0.717, 1.165) is 16.1 Å². The summed E-state index contributed by atoms with van der Waals surface area (Å²) in [6, 6.07) is 9.01. The van der Waals surface area contributed by atoms with Crippen molar-refractivity contribution < 1.29 is 9.90 Å². The van der Waals surface area contributed by atoms with Gasteiger partial charge in [-0.05, 0) is 12.1 Å². The summed E-state index contributed by atoms with van der Waals surface area (Å²) in [5.41, 5.74) is 1.45. The number of hydrogen-bond acceptors (Lipinski definition) is 5. The van der Waals surface area contributed by atoms with Gasteiger partial charge in [0, 0.05) is 22.7 Å². The Balaban J connectivity index is 2.00. The number of carbonyl (C=O) groups is 1. The number of carboxylic acid groups (broad SMARTS) is 1. The number of pyridine rings is 1. The predicted octanol–water partition coefficient (Wildman–Crippen LogP) is 3.00. The van der Waals surface area contributed by atoms with Crippen molar-refractivity contribution in [1.82, 2.24) is 9.97 Å². The lowest BCUT2D eigenvalue weighted by Gasteiger charge is -2.09. The molecular weight excluding hydrogens is 274 g/mol. The normalized spacial score (nSPS) is 10.6. The maximum Gasteiger partial charge on any atom is 0.354 e. The quantitative estimate of drug-likeness (QED) is 0.770. The first-order valence-corrected chi connectivity index (χ1v) is 6.87. The Morgan fingerprint density at radius 1 is 1.35 bits per heavy atom. The van der Waals surface area contributed by atoms with Crippen LogP contribution in [0.5, 0.6) is 0 Å². The van der Waals surface area contributed by atoms with Crippen molar-refractivity contribution >= 4 is 33.9 Å². The molecule has 6 heteroatoms. The Hall–Kier alpha value is -2.47. The van der Waals surface area contributed by atoms with Crippen LogP contribution < -0.4 is 5.32 Å². The van der Waals surface area contributed by atoms with Crippen LogP contribution in [-0.2, 0) is 6.54 Å². The van der Waals surface area contributed by atoms with Crippen LogP contribution in [0.1, 0.15) is 15.5 Å². The topological polar surface area (TPSA) is 75.1 Å². The van der Waals surface area contributed by atoms with Gasteiger partial charge in [0.25, 0.3) is 0 Å². The lowest BCUT2D eigenvalue weighted by molar-refractivity contribution is 0.0691. The van der Waals surface area contributed by atoms with Crippen LogP contribution in [0.3, 0.4) is 0 Å². The van der Waals surface area contributed by atoms with Gasteiger partial charge < -0.3 is 10.4 Å². The van der Waals surface area contributed by atoms with E-state index in [2.05, 4.69) is 15.3 Å². The monoisotopic (exact) mass is 285 g/mol. The second-order valence-electron chi connectivity index (χ2n) is 4.16. The highest BCUT2D eigenvalue weighted by atomic mass is 32.1. The average Bonchev–Trinajstić information content (AvgIpc) is 2.97. The van der Waals surface area contributed by atoms with Gasteiger partial charge in [-0.1, -0.05) is 18.2 Å². The maximum absolute atomic E-state index is 11.1. The van der Waals surface area contributed by atoms with Crippen LogP contribution in [0, 0.1) is 0 Å². The molecule has 0 fully saturated rings. The largest absolute Gasteiger partial charge is 0.477 e. The SMILES string of the molecule is O=C(O)c1cc(NCc2nccs2)c2ccccc2n1. The summed E-state index contributed by atoms with van der Waals surface area (Å²) in [5.74, 6) is -1.03. The number of fused-ring (bicyclic) bond motifs is 1. The Kier molecular flexibility index (Phi) is 3.30. The molecule has 20 heavy (non-hydrogen) atoms. The molecule has 0 bridgehead atoms. The van der Waals surface area contributed by atoms with Crippen LogP contribution in [0.4, 0.5) is 5.69 Å². The van der Waals surface area contributed by atoms with Gasteiger partial charge in [0.05, 0.1) is 12.1 Å². The molecule has 0 aliphatic carbocycles. The van der Waals surface area contributed by atoms with E-state index in [0.29, 0.717) is 12.1 Å². The molecule has 100 valence electrons. The van der Waals surface area contributed by atoms with Crippen molar-refractivity contribution in [3.63, 3.8) is 0 Å². The fraction of sp³-hybridized carbons (Fsp3) is 0.0714. The first-order valence-electron chi connectivity index (χ1n) is 5.99. The molecule has 0 saturated heterocycles. The zero-order chi connectivity index (χ0) is 13.9. The molecule has 2 heterocycles. The van der Waals surface area contributed by atoms with Crippen LogP contribution in [-0.4, -0.2) is 21.0 Å². The molecule has 0 unspecified atom stereocenters. The summed E-state index contributed by atoms with van der Waals surface area (Å²) in [4.78, 5) is 19.4. The number of aromatic nitrogens is 2. The second kappa shape index (κ2) is 5.26. The molecule has 3 rings (SSSR count). The molecule has 0 atom stereocenters. The third-order valence-corrected chi connectivity index (χ3v) is 3.63. The summed E-state index contributed by atoms with van der Waals surface area (Å²) < 4.78 is 0. The lowest BCUT2D eigenvalue weighted by atomic mass is 10.1. The maximum atomic E-state index is 11.1. The average molecular weight is 285 g/mol. The molecule has 0 radical (unpaired) electrons. The number of para-hydroxylation sites is 1. The molecular formula is C14H11N3O2S. The lowest BCUT2D eigenvalue weighted by Crippen LogP contribution is -2.05. The van der Waals surface area contributed by atoms with Crippen molar-refractivity contribution in [2.75, 3.05) is 5.32 Å². The third kappa shape index (κ3) is 2.46. The number of nitrogens with one attached hydrogen (secondary N) is 1. The fourth-order valence-corrected chi connectivity index (χ4v) is 2.50. The molecule has 3 aromatic rings. The Labute approximate surface area is 118 Å². The Morgan fingerprint density at radius 3 is 2.95 bits per heavy atom. The summed E-state index contributed by atoms with van der Waals surface area (Å²) >= 11 is 1.55. The number of hydrogen-bond donors (Lipinski definition) is 2. The van der Waals surface area contributed by atoms with Crippen molar-refractivity contribution in [1.29, 1.82) is 0 Å². The first-order chi connectivity index (χ1) is 9.74. The molecule has 0 saturated carbocycles. The molecule has 0 spiro atoms. The molecule has 2 N–H and O–H groups in total. The highest BCUT2D eigenvalue weighted by Gasteiger charge is 2.10. The van der Waals surface area contributed by atoms with Crippen LogP contribution >= 0.6 is 11.3 Å². The van der Waals surface area contributed by atoms with Gasteiger partial charge in [0.15, 0.2) is 5.69 Å². The highest BCUT2D eigenvalue weighted by molar-refractivity contribution is 7.09. The Bertz CT molecular complexity index is 756. The van der Waals surface area contributed by atoms with Crippen molar-refractivity contribution in [3.8, 4) is 0 Å². The summed E-state index contributed by atoms with van der Waals surface area (Å²) in [6.45, 7) is 0.560. The second-order valence-corrected chi connectivity index (χ2v) is 5.14. The van der Waals surface area contributed by atoms with E-state index in [9.17, 15) is 4.79 Å². The zero-order valence-electron chi connectivity index (χ0n) is 10.4. The number of rotatable bonds is 4. The molecule has 0 aliphatic rings. The van der Waals surface area contributed by atoms with Crippen molar-refractivity contribution in [2.45, 2.75) is 6.54 Å². The number of anilines is 1. The van der Waals surface area contributed by atoms with E-state index in [4.69, 9.17) is 5.11 Å². The van der Waals surface area contributed by atoms with Crippen molar-refractivity contribution in [3.05, 3.63) is 52.6 Å². The van der Waals surface area contributed by atoms with Gasteiger partial charge >= 0.3 is 5.97 Å². The van der Waals surface area contributed by atoms with Gasteiger partial charge in [-0.3, -0.25) is 0 Å². The van der Waals surface area contributed by atoms with Gasteiger partial charge in [-0.2, -0.15) is 0 Å². The van der Waals surface area contributed by atoms with E-state index in [1.54, 1.807) is 29.7 Å². The molecule has 2 aromatic heterocycles. The minimum absolute atomic E-state index is 0.0327. The van der Waals surface area contributed by atoms with Gasteiger partial charge in [0.2, 0.25) is 0 Å².